The number of amides is 2. The van der Waals surface area contributed by atoms with Crippen LogP contribution in [0.3, 0.4) is 0 Å². The maximum Gasteiger partial charge on any atom is 0.224 e. The molecule has 0 bridgehead atoms. The third-order valence-electron chi connectivity index (χ3n) is 3.98. The molecule has 2 rings (SSSR count). The van der Waals surface area contributed by atoms with Gasteiger partial charge in [-0.25, -0.2) is 0 Å². The summed E-state index contributed by atoms with van der Waals surface area (Å²) in [5.41, 5.74) is 0.980. The van der Waals surface area contributed by atoms with Crippen LogP contribution in [-0.2, 0) is 9.59 Å². The van der Waals surface area contributed by atoms with Gasteiger partial charge >= 0.3 is 0 Å². The second-order valence-electron chi connectivity index (χ2n) is 6.15. The highest BCUT2D eigenvalue weighted by molar-refractivity contribution is 5.79. The Morgan fingerprint density at radius 3 is 2.50 bits per heavy atom. The van der Waals surface area contributed by atoms with E-state index in [4.69, 9.17) is 0 Å². The van der Waals surface area contributed by atoms with Crippen molar-refractivity contribution in [2.45, 2.75) is 45.6 Å². The van der Waals surface area contributed by atoms with Gasteiger partial charge in [0, 0.05) is 20.0 Å². The number of rotatable bonds is 8. The molecule has 1 saturated carbocycles. The van der Waals surface area contributed by atoms with Crippen molar-refractivity contribution in [2.24, 2.45) is 5.92 Å². The van der Waals surface area contributed by atoms with Crippen LogP contribution in [0, 0.1) is 5.92 Å². The molecule has 0 spiro atoms. The predicted molar refractivity (Wildman–Crippen MR) is 87.2 cm³/mol. The van der Waals surface area contributed by atoms with Crippen LogP contribution in [0.4, 0.5) is 0 Å². The predicted octanol–water partition coefficient (Wildman–Crippen LogP) is 2.90. The summed E-state index contributed by atoms with van der Waals surface area (Å²) in [6.07, 6.45) is 3.77. The first-order valence-corrected chi connectivity index (χ1v) is 8.20. The fourth-order valence-corrected chi connectivity index (χ4v) is 2.69. The van der Waals surface area contributed by atoms with Gasteiger partial charge < -0.3 is 10.2 Å². The average molecular weight is 302 g/mol. The second-order valence-corrected chi connectivity index (χ2v) is 6.15. The molecule has 0 aliphatic heterocycles. The van der Waals surface area contributed by atoms with Crippen molar-refractivity contribution < 1.29 is 9.59 Å². The Morgan fingerprint density at radius 2 is 1.95 bits per heavy atom. The van der Waals surface area contributed by atoms with Crippen LogP contribution in [0.2, 0.25) is 0 Å². The Balaban J connectivity index is 2.03. The largest absolute Gasteiger partial charge is 0.349 e. The molecule has 2 amide bonds. The summed E-state index contributed by atoms with van der Waals surface area (Å²) in [5, 5.41) is 2.91. The number of carbonyl (C=O) groups is 2. The molecule has 4 heteroatoms. The first-order chi connectivity index (χ1) is 10.6. The number of nitrogens with zero attached hydrogens (tertiary/aromatic N) is 1. The quantitative estimate of drug-likeness (QED) is 0.802. The van der Waals surface area contributed by atoms with Gasteiger partial charge in [-0.1, -0.05) is 37.3 Å². The normalized spacial score (nSPS) is 15.2. The molecule has 1 aliphatic rings. The minimum atomic E-state index is -0.246. The summed E-state index contributed by atoms with van der Waals surface area (Å²) < 4.78 is 0. The number of hydrogen-bond acceptors (Lipinski definition) is 2. The third kappa shape index (κ3) is 5.17. The molecule has 1 aromatic rings. The van der Waals surface area contributed by atoms with Gasteiger partial charge in [-0.15, -0.1) is 0 Å². The smallest absolute Gasteiger partial charge is 0.224 e. The molecule has 1 N–H and O–H groups in total. The highest BCUT2D eigenvalue weighted by Crippen LogP contribution is 2.30. The van der Waals surface area contributed by atoms with E-state index >= 15 is 0 Å². The number of carbonyl (C=O) groups excluding carboxylic acids is 2. The van der Waals surface area contributed by atoms with E-state index in [0.29, 0.717) is 12.3 Å². The number of nitrogens with one attached hydrogen (secondary N) is 1. The van der Waals surface area contributed by atoms with E-state index in [2.05, 4.69) is 12.2 Å². The van der Waals surface area contributed by atoms with Gasteiger partial charge in [0.2, 0.25) is 11.8 Å². The maximum absolute atomic E-state index is 12.6. The van der Waals surface area contributed by atoms with Gasteiger partial charge in [0.25, 0.3) is 0 Å². The van der Waals surface area contributed by atoms with Gasteiger partial charge in [0.05, 0.1) is 12.5 Å². The summed E-state index contributed by atoms with van der Waals surface area (Å²) in [5.74, 6) is 0.716. The Kier molecular flexibility index (Phi) is 5.99. The van der Waals surface area contributed by atoms with Crippen molar-refractivity contribution in [1.82, 2.24) is 10.2 Å². The lowest BCUT2D eigenvalue weighted by atomic mass is 10.0. The van der Waals surface area contributed by atoms with Gasteiger partial charge in [-0.3, -0.25) is 9.59 Å². The lowest BCUT2D eigenvalue weighted by molar-refractivity contribution is -0.132. The van der Waals surface area contributed by atoms with Gasteiger partial charge in [0.1, 0.15) is 0 Å². The van der Waals surface area contributed by atoms with E-state index in [-0.39, 0.29) is 17.9 Å². The Bertz CT molecular complexity index is 497. The summed E-state index contributed by atoms with van der Waals surface area (Å²) in [4.78, 5) is 26.1. The fraction of sp³-hybridized carbons (Fsp3) is 0.556. The summed E-state index contributed by atoms with van der Waals surface area (Å²) in [6.45, 7) is 5.26. The van der Waals surface area contributed by atoms with Crippen molar-refractivity contribution in [2.75, 3.05) is 13.1 Å². The molecule has 4 nitrogen and oxygen atoms in total. The molecule has 22 heavy (non-hydrogen) atoms. The van der Waals surface area contributed by atoms with Gasteiger partial charge in [0.15, 0.2) is 0 Å². The average Bonchev–Trinajstić information content (AvgIpc) is 3.30. The van der Waals surface area contributed by atoms with Crippen molar-refractivity contribution in [3.05, 3.63) is 35.9 Å². The molecule has 1 atom stereocenters. The zero-order valence-electron chi connectivity index (χ0n) is 13.5. The highest BCUT2D eigenvalue weighted by atomic mass is 16.2. The molecule has 1 aliphatic carbocycles. The standard InChI is InChI=1S/C18H26N2O2/c1-3-11-20(13-15-9-10-15)18(22)12-17(19-14(2)21)16-7-5-4-6-8-16/h4-8,15,17H,3,9-13H2,1-2H3,(H,19,21). The molecule has 1 fully saturated rings. The molecule has 0 heterocycles. The Labute approximate surface area is 132 Å². The molecule has 1 unspecified atom stereocenters. The first kappa shape index (κ1) is 16.5. The van der Waals surface area contributed by atoms with Crippen LogP contribution in [0.15, 0.2) is 30.3 Å². The molecular weight excluding hydrogens is 276 g/mol. The first-order valence-electron chi connectivity index (χ1n) is 8.20. The van der Waals surface area contributed by atoms with Crippen molar-refractivity contribution >= 4 is 11.8 Å². The van der Waals surface area contributed by atoms with Gasteiger partial charge in [-0.05, 0) is 30.7 Å². The van der Waals surface area contributed by atoms with Crippen LogP contribution in [0.5, 0.6) is 0 Å². The summed E-state index contributed by atoms with van der Waals surface area (Å²) in [6, 6.07) is 9.47. The Morgan fingerprint density at radius 1 is 1.27 bits per heavy atom. The minimum absolute atomic E-state index is 0.106. The van der Waals surface area contributed by atoms with E-state index in [0.717, 1.165) is 25.1 Å². The van der Waals surface area contributed by atoms with Crippen LogP contribution in [0.25, 0.3) is 0 Å². The van der Waals surface area contributed by atoms with Crippen molar-refractivity contribution in [1.29, 1.82) is 0 Å². The van der Waals surface area contributed by atoms with E-state index < -0.39 is 0 Å². The Hall–Kier alpha value is -1.84. The monoisotopic (exact) mass is 302 g/mol. The van der Waals surface area contributed by atoms with Gasteiger partial charge in [-0.2, -0.15) is 0 Å². The van der Waals surface area contributed by atoms with Crippen molar-refractivity contribution in [3.8, 4) is 0 Å². The highest BCUT2D eigenvalue weighted by Gasteiger charge is 2.27. The number of benzene rings is 1. The molecule has 1 aromatic carbocycles. The zero-order chi connectivity index (χ0) is 15.9. The fourth-order valence-electron chi connectivity index (χ4n) is 2.69. The van der Waals surface area contributed by atoms with E-state index in [1.165, 1.54) is 19.8 Å². The van der Waals surface area contributed by atoms with Crippen LogP contribution < -0.4 is 5.32 Å². The molecular formula is C18H26N2O2. The zero-order valence-corrected chi connectivity index (χ0v) is 13.5. The SMILES string of the molecule is CCCN(CC1CC1)C(=O)CC(NC(C)=O)c1ccccc1. The van der Waals surface area contributed by atoms with Crippen LogP contribution in [0.1, 0.15) is 51.1 Å². The molecule has 0 aromatic heterocycles. The van der Waals surface area contributed by atoms with Crippen LogP contribution in [-0.4, -0.2) is 29.8 Å². The lowest BCUT2D eigenvalue weighted by Crippen LogP contribution is -2.37. The van der Waals surface area contributed by atoms with E-state index in [1.54, 1.807) is 0 Å². The molecule has 120 valence electrons. The molecule has 0 saturated heterocycles. The van der Waals surface area contributed by atoms with E-state index in [1.807, 2.05) is 35.2 Å². The topological polar surface area (TPSA) is 49.4 Å². The second kappa shape index (κ2) is 7.97. The van der Waals surface area contributed by atoms with Crippen LogP contribution >= 0.6 is 0 Å². The number of hydrogen-bond donors (Lipinski definition) is 1. The lowest BCUT2D eigenvalue weighted by Gasteiger charge is -2.25. The third-order valence-corrected chi connectivity index (χ3v) is 3.98. The minimum Gasteiger partial charge on any atom is -0.349 e. The summed E-state index contributed by atoms with van der Waals surface area (Å²) >= 11 is 0. The summed E-state index contributed by atoms with van der Waals surface area (Å²) in [7, 11) is 0. The molecule has 0 radical (unpaired) electrons. The van der Waals surface area contributed by atoms with Crippen molar-refractivity contribution in [3.63, 3.8) is 0 Å². The maximum atomic E-state index is 12.6. The van der Waals surface area contributed by atoms with E-state index in [9.17, 15) is 9.59 Å².